The molecule has 0 saturated carbocycles. The lowest BCUT2D eigenvalue weighted by Crippen LogP contribution is -2.28. The van der Waals surface area contributed by atoms with E-state index in [1.165, 1.54) is 23.3 Å². The summed E-state index contributed by atoms with van der Waals surface area (Å²) in [6.07, 6.45) is 0. The van der Waals surface area contributed by atoms with Crippen LogP contribution in [-0.2, 0) is 6.54 Å². The lowest BCUT2D eigenvalue weighted by atomic mass is 10.1. The summed E-state index contributed by atoms with van der Waals surface area (Å²) in [5, 5.41) is 6.61. The van der Waals surface area contributed by atoms with E-state index >= 15 is 0 Å². The van der Waals surface area contributed by atoms with Gasteiger partial charge in [-0.15, -0.1) is 0 Å². The molecule has 0 aliphatic rings. The van der Waals surface area contributed by atoms with Crippen LogP contribution in [0.2, 0.25) is 5.02 Å². The third kappa shape index (κ3) is 3.92. The third-order valence-electron chi connectivity index (χ3n) is 2.88. The molecule has 2 aromatic carbocycles. The largest absolute Gasteiger partial charge is 0.358 e. The van der Waals surface area contributed by atoms with Crippen LogP contribution in [-0.4, -0.2) is 5.11 Å². The Balaban J connectivity index is 1.93. The second-order valence-electron chi connectivity index (χ2n) is 4.36. The van der Waals surface area contributed by atoms with E-state index in [4.69, 9.17) is 23.8 Å². The Morgan fingerprint density at radius 2 is 2.00 bits per heavy atom. The summed E-state index contributed by atoms with van der Waals surface area (Å²) in [4.78, 5) is 0. The SMILES string of the molecule is Cc1ccccc1CNC(=S)Nc1ccc(F)c(Cl)c1. The summed E-state index contributed by atoms with van der Waals surface area (Å²) in [6.45, 7) is 2.68. The van der Waals surface area contributed by atoms with Crippen molar-refractivity contribution in [1.29, 1.82) is 0 Å². The standard InChI is InChI=1S/C15H14ClFN2S/c1-10-4-2-3-5-11(10)9-18-15(20)19-12-6-7-14(17)13(16)8-12/h2-8H,9H2,1H3,(H2,18,19,20). The van der Waals surface area contributed by atoms with E-state index in [0.717, 1.165) is 0 Å². The second-order valence-corrected chi connectivity index (χ2v) is 5.18. The van der Waals surface area contributed by atoms with Gasteiger partial charge < -0.3 is 10.6 Å². The minimum absolute atomic E-state index is 0.0664. The molecule has 0 saturated heterocycles. The molecule has 104 valence electrons. The van der Waals surface area contributed by atoms with Gasteiger partial charge in [-0.25, -0.2) is 4.39 Å². The molecule has 0 amide bonds. The normalized spacial score (nSPS) is 10.2. The summed E-state index contributed by atoms with van der Waals surface area (Å²) in [6, 6.07) is 12.5. The van der Waals surface area contributed by atoms with E-state index in [-0.39, 0.29) is 5.02 Å². The number of nitrogens with one attached hydrogen (secondary N) is 2. The molecule has 2 rings (SSSR count). The number of hydrogen-bond donors (Lipinski definition) is 2. The molecule has 0 bridgehead atoms. The van der Waals surface area contributed by atoms with Crippen molar-refractivity contribution in [2.24, 2.45) is 0 Å². The molecule has 2 N–H and O–H groups in total. The average molecular weight is 309 g/mol. The summed E-state index contributed by atoms with van der Waals surface area (Å²) in [5.74, 6) is -0.448. The van der Waals surface area contributed by atoms with E-state index in [9.17, 15) is 4.39 Å². The molecule has 5 heteroatoms. The van der Waals surface area contributed by atoms with Crippen molar-refractivity contribution in [1.82, 2.24) is 5.32 Å². The van der Waals surface area contributed by atoms with Crippen molar-refractivity contribution in [2.45, 2.75) is 13.5 Å². The van der Waals surface area contributed by atoms with Crippen LogP contribution in [0.1, 0.15) is 11.1 Å². The highest BCUT2D eigenvalue weighted by Crippen LogP contribution is 2.19. The molecule has 20 heavy (non-hydrogen) atoms. The highest BCUT2D eigenvalue weighted by Gasteiger charge is 2.03. The van der Waals surface area contributed by atoms with Crippen molar-refractivity contribution >= 4 is 34.6 Å². The van der Waals surface area contributed by atoms with Gasteiger partial charge in [-0.05, 0) is 48.5 Å². The van der Waals surface area contributed by atoms with Gasteiger partial charge in [-0.3, -0.25) is 0 Å². The van der Waals surface area contributed by atoms with Gasteiger partial charge in [0.2, 0.25) is 0 Å². The fourth-order valence-corrected chi connectivity index (χ4v) is 2.10. The number of aryl methyl sites for hydroxylation is 1. The Labute approximate surface area is 128 Å². The first kappa shape index (κ1) is 14.8. The number of halogens is 2. The fraction of sp³-hybridized carbons (Fsp3) is 0.133. The van der Waals surface area contributed by atoms with Crippen LogP contribution in [0.5, 0.6) is 0 Å². The first-order valence-corrected chi connectivity index (χ1v) is 6.89. The van der Waals surface area contributed by atoms with Crippen molar-refractivity contribution in [3.05, 3.63) is 64.4 Å². The van der Waals surface area contributed by atoms with Crippen LogP contribution < -0.4 is 10.6 Å². The Morgan fingerprint density at radius 1 is 1.25 bits per heavy atom. The van der Waals surface area contributed by atoms with E-state index in [2.05, 4.69) is 10.6 Å². The lowest BCUT2D eigenvalue weighted by molar-refractivity contribution is 0.628. The molecular weight excluding hydrogens is 295 g/mol. The van der Waals surface area contributed by atoms with Gasteiger partial charge in [0.15, 0.2) is 5.11 Å². The summed E-state index contributed by atoms with van der Waals surface area (Å²) in [5.41, 5.74) is 3.03. The fourth-order valence-electron chi connectivity index (χ4n) is 1.73. The Kier molecular flexibility index (Phi) is 4.93. The zero-order chi connectivity index (χ0) is 14.5. The smallest absolute Gasteiger partial charge is 0.171 e. The number of rotatable bonds is 3. The molecule has 2 aromatic rings. The number of hydrogen-bond acceptors (Lipinski definition) is 1. The highest BCUT2D eigenvalue weighted by atomic mass is 35.5. The molecule has 0 aliphatic carbocycles. The van der Waals surface area contributed by atoms with Gasteiger partial charge in [0.05, 0.1) is 5.02 Å². The van der Waals surface area contributed by atoms with Crippen LogP contribution in [0, 0.1) is 12.7 Å². The van der Waals surface area contributed by atoms with Crippen molar-refractivity contribution in [3.8, 4) is 0 Å². The average Bonchev–Trinajstić information content (AvgIpc) is 2.42. The van der Waals surface area contributed by atoms with Crippen LogP contribution in [0.25, 0.3) is 0 Å². The maximum absolute atomic E-state index is 13.0. The second kappa shape index (κ2) is 6.68. The van der Waals surface area contributed by atoms with Crippen molar-refractivity contribution < 1.29 is 4.39 Å². The van der Waals surface area contributed by atoms with Crippen LogP contribution in [0.15, 0.2) is 42.5 Å². The van der Waals surface area contributed by atoms with Crippen LogP contribution >= 0.6 is 23.8 Å². The predicted octanol–water partition coefficient (Wildman–Crippen LogP) is 4.27. The van der Waals surface area contributed by atoms with E-state index in [1.807, 2.05) is 31.2 Å². The summed E-state index contributed by atoms with van der Waals surface area (Å²) >= 11 is 10.9. The Morgan fingerprint density at radius 3 is 2.70 bits per heavy atom. The van der Waals surface area contributed by atoms with Crippen LogP contribution in [0.4, 0.5) is 10.1 Å². The predicted molar refractivity (Wildman–Crippen MR) is 85.6 cm³/mol. The van der Waals surface area contributed by atoms with E-state index in [0.29, 0.717) is 17.3 Å². The topological polar surface area (TPSA) is 24.1 Å². The first-order chi connectivity index (χ1) is 9.56. The van der Waals surface area contributed by atoms with Gasteiger partial charge >= 0.3 is 0 Å². The van der Waals surface area contributed by atoms with Crippen molar-refractivity contribution in [3.63, 3.8) is 0 Å². The summed E-state index contributed by atoms with van der Waals surface area (Å²) < 4.78 is 13.0. The van der Waals surface area contributed by atoms with Gasteiger partial charge in [0.1, 0.15) is 5.82 Å². The number of benzene rings is 2. The Bertz CT molecular complexity index is 631. The zero-order valence-corrected chi connectivity index (χ0v) is 12.5. The molecule has 0 aromatic heterocycles. The minimum atomic E-state index is -0.448. The molecule has 0 spiro atoms. The molecule has 0 atom stereocenters. The van der Waals surface area contributed by atoms with Crippen LogP contribution in [0.3, 0.4) is 0 Å². The monoisotopic (exact) mass is 308 g/mol. The zero-order valence-electron chi connectivity index (χ0n) is 10.9. The molecule has 0 aliphatic heterocycles. The molecule has 0 radical (unpaired) electrons. The van der Waals surface area contributed by atoms with Crippen molar-refractivity contribution in [2.75, 3.05) is 5.32 Å². The maximum Gasteiger partial charge on any atom is 0.171 e. The van der Waals surface area contributed by atoms with Gasteiger partial charge in [0, 0.05) is 12.2 Å². The van der Waals surface area contributed by atoms with Gasteiger partial charge in [-0.2, -0.15) is 0 Å². The highest BCUT2D eigenvalue weighted by molar-refractivity contribution is 7.80. The number of thiocarbonyl (C=S) groups is 1. The quantitative estimate of drug-likeness (QED) is 0.828. The Hall–Kier alpha value is -1.65. The van der Waals surface area contributed by atoms with E-state index in [1.54, 1.807) is 6.07 Å². The summed E-state index contributed by atoms with van der Waals surface area (Å²) in [7, 11) is 0. The third-order valence-corrected chi connectivity index (χ3v) is 3.41. The molecular formula is C15H14ClFN2S. The molecule has 0 heterocycles. The molecule has 2 nitrogen and oxygen atoms in total. The minimum Gasteiger partial charge on any atom is -0.358 e. The van der Waals surface area contributed by atoms with E-state index < -0.39 is 5.82 Å². The molecule has 0 fully saturated rings. The lowest BCUT2D eigenvalue weighted by Gasteiger charge is -2.12. The molecule has 0 unspecified atom stereocenters. The van der Waals surface area contributed by atoms with Gasteiger partial charge in [0.25, 0.3) is 0 Å². The maximum atomic E-state index is 13.0. The number of anilines is 1. The van der Waals surface area contributed by atoms with Gasteiger partial charge in [-0.1, -0.05) is 35.9 Å². The first-order valence-electron chi connectivity index (χ1n) is 6.10.